The SMILES string of the molecule is CC(NS(=O)(=O)c1ccc2c(c1)NCCO2)c1ccccc1. The fraction of sp³-hybridized carbons (Fsp3) is 0.250. The number of sulfonamides is 1. The molecule has 0 radical (unpaired) electrons. The van der Waals surface area contributed by atoms with Crippen molar-refractivity contribution in [1.82, 2.24) is 4.72 Å². The summed E-state index contributed by atoms with van der Waals surface area (Å²) in [4.78, 5) is 0.229. The smallest absolute Gasteiger partial charge is 0.241 e. The minimum atomic E-state index is -3.59. The Labute approximate surface area is 130 Å². The van der Waals surface area contributed by atoms with Crippen molar-refractivity contribution in [2.75, 3.05) is 18.5 Å². The highest BCUT2D eigenvalue weighted by atomic mass is 32.2. The molecule has 116 valence electrons. The molecule has 0 fully saturated rings. The zero-order valence-electron chi connectivity index (χ0n) is 12.2. The van der Waals surface area contributed by atoms with Gasteiger partial charge in [0.25, 0.3) is 0 Å². The summed E-state index contributed by atoms with van der Waals surface area (Å²) in [7, 11) is -3.59. The number of fused-ring (bicyclic) bond motifs is 1. The van der Waals surface area contributed by atoms with Crippen molar-refractivity contribution in [3.05, 3.63) is 54.1 Å². The first-order valence-electron chi connectivity index (χ1n) is 7.14. The van der Waals surface area contributed by atoms with Crippen LogP contribution in [0.1, 0.15) is 18.5 Å². The summed E-state index contributed by atoms with van der Waals surface area (Å²) in [5.74, 6) is 0.682. The predicted octanol–water partition coefficient (Wildman–Crippen LogP) is 2.53. The van der Waals surface area contributed by atoms with Gasteiger partial charge in [-0.3, -0.25) is 0 Å². The van der Waals surface area contributed by atoms with Gasteiger partial charge in [0.2, 0.25) is 10.0 Å². The number of anilines is 1. The van der Waals surface area contributed by atoms with Gasteiger partial charge < -0.3 is 10.1 Å². The zero-order chi connectivity index (χ0) is 15.6. The molecule has 1 atom stereocenters. The van der Waals surface area contributed by atoms with E-state index in [1.54, 1.807) is 18.2 Å². The van der Waals surface area contributed by atoms with Crippen LogP contribution < -0.4 is 14.8 Å². The summed E-state index contributed by atoms with van der Waals surface area (Å²) in [5.41, 5.74) is 1.63. The third-order valence-electron chi connectivity index (χ3n) is 3.57. The van der Waals surface area contributed by atoms with Crippen LogP contribution in [0.3, 0.4) is 0 Å². The molecule has 1 heterocycles. The van der Waals surface area contributed by atoms with E-state index in [4.69, 9.17) is 4.74 Å². The average Bonchev–Trinajstić information content (AvgIpc) is 2.55. The molecule has 1 unspecified atom stereocenters. The van der Waals surface area contributed by atoms with E-state index >= 15 is 0 Å². The lowest BCUT2D eigenvalue weighted by Gasteiger charge is -2.20. The summed E-state index contributed by atoms with van der Waals surface area (Å²) in [5, 5.41) is 3.14. The van der Waals surface area contributed by atoms with E-state index in [0.29, 0.717) is 24.6 Å². The molecule has 3 rings (SSSR count). The molecule has 0 saturated carbocycles. The molecule has 0 aromatic heterocycles. The molecule has 2 N–H and O–H groups in total. The van der Waals surface area contributed by atoms with Crippen molar-refractivity contribution >= 4 is 15.7 Å². The number of rotatable bonds is 4. The number of hydrogen-bond acceptors (Lipinski definition) is 4. The van der Waals surface area contributed by atoms with Gasteiger partial charge in [-0.15, -0.1) is 0 Å². The predicted molar refractivity (Wildman–Crippen MR) is 85.6 cm³/mol. The number of hydrogen-bond donors (Lipinski definition) is 2. The third kappa shape index (κ3) is 3.08. The Morgan fingerprint density at radius 1 is 1.18 bits per heavy atom. The lowest BCUT2D eigenvalue weighted by Crippen LogP contribution is -2.27. The molecule has 2 aromatic rings. The summed E-state index contributed by atoms with van der Waals surface area (Å²) in [6, 6.07) is 14.0. The largest absolute Gasteiger partial charge is 0.490 e. The maximum Gasteiger partial charge on any atom is 0.241 e. The first-order valence-corrected chi connectivity index (χ1v) is 8.62. The molecule has 0 bridgehead atoms. The Bertz CT molecular complexity index is 760. The normalized spacial score (nSPS) is 15.3. The van der Waals surface area contributed by atoms with Gasteiger partial charge in [0.15, 0.2) is 0 Å². The first kappa shape index (κ1) is 14.9. The van der Waals surface area contributed by atoms with Crippen molar-refractivity contribution < 1.29 is 13.2 Å². The summed E-state index contributed by atoms with van der Waals surface area (Å²) in [6.45, 7) is 3.08. The van der Waals surface area contributed by atoms with Crippen molar-refractivity contribution in [1.29, 1.82) is 0 Å². The van der Waals surface area contributed by atoms with E-state index in [-0.39, 0.29) is 10.9 Å². The molecule has 2 aromatic carbocycles. The van der Waals surface area contributed by atoms with Gasteiger partial charge in [-0.2, -0.15) is 0 Å². The maximum atomic E-state index is 12.5. The maximum absolute atomic E-state index is 12.5. The molecular formula is C16H18N2O3S. The molecule has 0 saturated heterocycles. The van der Waals surface area contributed by atoms with Gasteiger partial charge in [0.1, 0.15) is 12.4 Å². The highest BCUT2D eigenvalue weighted by Gasteiger charge is 2.20. The molecule has 22 heavy (non-hydrogen) atoms. The lowest BCUT2D eigenvalue weighted by molar-refractivity contribution is 0.323. The second kappa shape index (κ2) is 5.98. The molecule has 0 aliphatic carbocycles. The van der Waals surface area contributed by atoms with Crippen molar-refractivity contribution in [2.24, 2.45) is 0 Å². The van der Waals surface area contributed by atoms with E-state index in [9.17, 15) is 8.42 Å². The van der Waals surface area contributed by atoms with Crippen molar-refractivity contribution in [3.63, 3.8) is 0 Å². The topological polar surface area (TPSA) is 67.4 Å². The lowest BCUT2D eigenvalue weighted by atomic mass is 10.1. The Kier molecular flexibility index (Phi) is 4.04. The van der Waals surface area contributed by atoms with Crippen LogP contribution in [0.2, 0.25) is 0 Å². The van der Waals surface area contributed by atoms with Crippen LogP contribution in [0.15, 0.2) is 53.4 Å². The van der Waals surface area contributed by atoms with E-state index in [1.165, 1.54) is 0 Å². The van der Waals surface area contributed by atoms with Gasteiger partial charge in [0.05, 0.1) is 10.6 Å². The van der Waals surface area contributed by atoms with E-state index in [0.717, 1.165) is 5.56 Å². The Morgan fingerprint density at radius 3 is 2.73 bits per heavy atom. The Morgan fingerprint density at radius 2 is 1.95 bits per heavy atom. The van der Waals surface area contributed by atoms with Crippen LogP contribution in [0.4, 0.5) is 5.69 Å². The van der Waals surface area contributed by atoms with E-state index < -0.39 is 10.0 Å². The number of ether oxygens (including phenoxy) is 1. The fourth-order valence-electron chi connectivity index (χ4n) is 2.40. The second-order valence-electron chi connectivity index (χ2n) is 5.19. The molecule has 1 aliphatic heterocycles. The molecule has 0 spiro atoms. The number of nitrogens with one attached hydrogen (secondary N) is 2. The van der Waals surface area contributed by atoms with Crippen LogP contribution in [0, 0.1) is 0 Å². The summed E-state index contributed by atoms with van der Waals surface area (Å²) >= 11 is 0. The minimum absolute atomic E-state index is 0.229. The quantitative estimate of drug-likeness (QED) is 0.909. The second-order valence-corrected chi connectivity index (χ2v) is 6.90. The summed E-state index contributed by atoms with van der Waals surface area (Å²) < 4.78 is 33.2. The Balaban J connectivity index is 1.84. The fourth-order valence-corrected chi connectivity index (χ4v) is 3.66. The molecule has 0 amide bonds. The average molecular weight is 318 g/mol. The van der Waals surface area contributed by atoms with Gasteiger partial charge >= 0.3 is 0 Å². The van der Waals surface area contributed by atoms with Gasteiger partial charge in [-0.1, -0.05) is 30.3 Å². The van der Waals surface area contributed by atoms with Crippen molar-refractivity contribution in [2.45, 2.75) is 17.9 Å². The third-order valence-corrected chi connectivity index (χ3v) is 5.11. The number of benzene rings is 2. The van der Waals surface area contributed by atoms with Gasteiger partial charge in [0, 0.05) is 12.6 Å². The molecule has 5 nitrogen and oxygen atoms in total. The zero-order valence-corrected chi connectivity index (χ0v) is 13.1. The van der Waals surface area contributed by atoms with E-state index in [2.05, 4.69) is 10.0 Å². The van der Waals surface area contributed by atoms with Gasteiger partial charge in [-0.25, -0.2) is 13.1 Å². The molecule has 6 heteroatoms. The minimum Gasteiger partial charge on any atom is -0.490 e. The van der Waals surface area contributed by atoms with Crippen LogP contribution in [-0.2, 0) is 10.0 Å². The van der Waals surface area contributed by atoms with Gasteiger partial charge in [-0.05, 0) is 30.7 Å². The molecular weight excluding hydrogens is 300 g/mol. The van der Waals surface area contributed by atoms with Crippen LogP contribution >= 0.6 is 0 Å². The van der Waals surface area contributed by atoms with Crippen LogP contribution in [0.5, 0.6) is 5.75 Å². The first-order chi connectivity index (χ1) is 10.6. The highest BCUT2D eigenvalue weighted by Crippen LogP contribution is 2.30. The monoisotopic (exact) mass is 318 g/mol. The summed E-state index contributed by atoms with van der Waals surface area (Å²) in [6.07, 6.45) is 0. The van der Waals surface area contributed by atoms with Crippen LogP contribution in [0.25, 0.3) is 0 Å². The Hall–Kier alpha value is -2.05. The highest BCUT2D eigenvalue weighted by molar-refractivity contribution is 7.89. The van der Waals surface area contributed by atoms with Crippen LogP contribution in [-0.4, -0.2) is 21.6 Å². The van der Waals surface area contributed by atoms with Crippen molar-refractivity contribution in [3.8, 4) is 5.75 Å². The molecule has 1 aliphatic rings. The van der Waals surface area contributed by atoms with E-state index in [1.807, 2.05) is 37.3 Å². The standard InChI is InChI=1S/C16H18N2O3S/c1-12(13-5-3-2-4-6-13)18-22(19,20)14-7-8-16-15(11-14)17-9-10-21-16/h2-8,11-12,17-18H,9-10H2,1H3.